The van der Waals surface area contributed by atoms with Gasteiger partial charge in [0, 0.05) is 36.2 Å². The molecule has 2 aliphatic heterocycles. The van der Waals surface area contributed by atoms with Crippen LogP contribution in [0.4, 0.5) is 0 Å². The molecule has 0 saturated carbocycles. The van der Waals surface area contributed by atoms with E-state index in [1.54, 1.807) is 0 Å². The van der Waals surface area contributed by atoms with Crippen LogP contribution < -0.4 is 10.9 Å². The van der Waals surface area contributed by atoms with Gasteiger partial charge in [0.2, 0.25) is 0 Å². The highest BCUT2D eigenvalue weighted by molar-refractivity contribution is 5.77. The molecule has 25 heavy (non-hydrogen) atoms. The van der Waals surface area contributed by atoms with Crippen LogP contribution in [0.15, 0.2) is 23.0 Å². The Labute approximate surface area is 146 Å². The van der Waals surface area contributed by atoms with Crippen molar-refractivity contribution in [3.05, 3.63) is 39.8 Å². The number of methoxy groups -OCH3 is 1. The summed E-state index contributed by atoms with van der Waals surface area (Å²) < 4.78 is 6.68. The number of allylic oxidation sites excluding steroid dienone is 2. The average molecular weight is 344 g/mol. The van der Waals surface area contributed by atoms with Crippen molar-refractivity contribution >= 4 is 11.5 Å². The summed E-state index contributed by atoms with van der Waals surface area (Å²) in [6, 6.07) is 3.31. The first-order chi connectivity index (χ1) is 12.2. The number of nitrogens with one attached hydrogen (secondary N) is 1. The van der Waals surface area contributed by atoms with Gasteiger partial charge in [-0.3, -0.25) is 14.9 Å². The number of aliphatic hydroxyl groups excluding tert-OH is 1. The Bertz CT molecular complexity index is 782. The lowest BCUT2D eigenvalue weighted by Crippen LogP contribution is -2.40. The van der Waals surface area contributed by atoms with Crippen molar-refractivity contribution in [3.63, 3.8) is 0 Å². The molecule has 0 bridgehead atoms. The van der Waals surface area contributed by atoms with Crippen LogP contribution in [0.2, 0.25) is 0 Å². The lowest BCUT2D eigenvalue weighted by molar-refractivity contribution is -0.144. The molecule has 3 aliphatic rings. The number of aliphatic hydroxyl groups is 1. The summed E-state index contributed by atoms with van der Waals surface area (Å²) in [7, 11) is 1.36. The highest BCUT2D eigenvalue weighted by Gasteiger charge is 2.50. The van der Waals surface area contributed by atoms with E-state index in [0.717, 1.165) is 36.1 Å². The summed E-state index contributed by atoms with van der Waals surface area (Å²) in [6.07, 6.45) is 6.51. The first-order valence-electron chi connectivity index (χ1n) is 9.03. The normalized spacial score (nSPS) is 30.6. The Morgan fingerprint density at radius 2 is 2.24 bits per heavy atom. The molecule has 2 N–H and O–H groups in total. The first kappa shape index (κ1) is 16.5. The summed E-state index contributed by atoms with van der Waals surface area (Å²) >= 11 is 0. The number of carbonyl (C=O) groups excluding carboxylic acids is 1. The number of esters is 1. The van der Waals surface area contributed by atoms with Crippen molar-refractivity contribution in [2.24, 2.45) is 11.8 Å². The SMILES string of the molecule is COC(=O)[C@@H]1N[C@@H]2c3ccc(C4=CCCCC4)c(=O)n3C[C@@H]2[C@H]1CO. The van der Waals surface area contributed by atoms with Crippen LogP contribution in [0.3, 0.4) is 0 Å². The topological polar surface area (TPSA) is 80.6 Å². The Morgan fingerprint density at radius 1 is 1.40 bits per heavy atom. The third-order valence-electron chi connectivity index (χ3n) is 5.99. The van der Waals surface area contributed by atoms with E-state index in [9.17, 15) is 14.7 Å². The summed E-state index contributed by atoms with van der Waals surface area (Å²) in [5.74, 6) is -0.571. The molecular weight excluding hydrogens is 320 g/mol. The molecule has 1 aliphatic carbocycles. The van der Waals surface area contributed by atoms with Gasteiger partial charge in [0.25, 0.3) is 5.56 Å². The van der Waals surface area contributed by atoms with Crippen molar-refractivity contribution in [1.29, 1.82) is 0 Å². The third-order valence-corrected chi connectivity index (χ3v) is 5.99. The van der Waals surface area contributed by atoms with Gasteiger partial charge in [0.15, 0.2) is 0 Å². The summed E-state index contributed by atoms with van der Waals surface area (Å²) in [4.78, 5) is 25.0. The van der Waals surface area contributed by atoms with Gasteiger partial charge in [-0.25, -0.2) is 0 Å². The zero-order chi connectivity index (χ0) is 17.6. The number of ether oxygens (including phenoxy) is 1. The van der Waals surface area contributed by atoms with Crippen LogP contribution in [0, 0.1) is 11.8 Å². The Balaban J connectivity index is 1.69. The number of hydrogen-bond acceptors (Lipinski definition) is 5. The maximum Gasteiger partial charge on any atom is 0.323 e. The van der Waals surface area contributed by atoms with Crippen molar-refractivity contribution in [2.45, 2.75) is 44.3 Å². The number of pyridine rings is 1. The quantitative estimate of drug-likeness (QED) is 0.806. The van der Waals surface area contributed by atoms with Crippen LogP contribution in [0.1, 0.15) is 43.0 Å². The highest BCUT2D eigenvalue weighted by Crippen LogP contribution is 2.43. The average Bonchev–Trinajstić information content (AvgIpc) is 3.18. The van der Waals surface area contributed by atoms with Gasteiger partial charge in [-0.15, -0.1) is 0 Å². The van der Waals surface area contributed by atoms with E-state index in [1.165, 1.54) is 13.5 Å². The smallest absolute Gasteiger partial charge is 0.323 e. The number of aromatic nitrogens is 1. The zero-order valence-corrected chi connectivity index (χ0v) is 14.4. The standard InChI is InChI=1S/C19H24N2O4/c1-25-19(24)17-14(10-22)13-9-21-15(16(13)20-17)8-7-12(18(21)23)11-5-3-2-4-6-11/h5,7-8,13-14,16-17,20,22H,2-4,6,9-10H2,1H3/t13-,14-,16+,17-/m1/s1. The molecule has 4 rings (SSSR count). The van der Waals surface area contributed by atoms with Gasteiger partial charge in [-0.1, -0.05) is 6.08 Å². The van der Waals surface area contributed by atoms with E-state index in [4.69, 9.17) is 4.74 Å². The number of fused-ring (bicyclic) bond motifs is 3. The van der Waals surface area contributed by atoms with E-state index >= 15 is 0 Å². The second kappa shape index (κ2) is 6.42. The molecule has 1 fully saturated rings. The minimum atomic E-state index is -0.519. The van der Waals surface area contributed by atoms with Gasteiger partial charge in [0.05, 0.1) is 13.2 Å². The maximum atomic E-state index is 13.0. The fraction of sp³-hybridized carbons (Fsp3) is 0.579. The second-order valence-corrected chi connectivity index (χ2v) is 7.22. The number of rotatable bonds is 3. The van der Waals surface area contributed by atoms with E-state index in [-0.39, 0.29) is 36.0 Å². The van der Waals surface area contributed by atoms with Gasteiger partial charge < -0.3 is 14.4 Å². The molecular formula is C19H24N2O4. The van der Waals surface area contributed by atoms with E-state index in [0.29, 0.717) is 6.54 Å². The molecule has 0 unspecified atom stereocenters. The third kappa shape index (κ3) is 2.55. The molecule has 0 radical (unpaired) electrons. The molecule has 6 nitrogen and oxygen atoms in total. The number of nitrogens with zero attached hydrogens (tertiary/aromatic N) is 1. The molecule has 1 aromatic rings. The lowest BCUT2D eigenvalue weighted by atomic mass is 9.88. The monoisotopic (exact) mass is 344 g/mol. The van der Waals surface area contributed by atoms with Crippen LogP contribution in [0.5, 0.6) is 0 Å². The molecule has 1 aromatic heterocycles. The van der Waals surface area contributed by atoms with Gasteiger partial charge in [0.1, 0.15) is 6.04 Å². The highest BCUT2D eigenvalue weighted by atomic mass is 16.5. The molecule has 0 spiro atoms. The fourth-order valence-corrected chi connectivity index (χ4v) is 4.68. The summed E-state index contributed by atoms with van der Waals surface area (Å²) in [6.45, 7) is 0.431. The molecule has 134 valence electrons. The molecule has 4 atom stereocenters. The Hall–Kier alpha value is -1.92. The maximum absolute atomic E-state index is 13.0. The second-order valence-electron chi connectivity index (χ2n) is 7.22. The summed E-state index contributed by atoms with van der Waals surface area (Å²) in [5, 5.41) is 13.1. The lowest BCUT2D eigenvalue weighted by Gasteiger charge is -2.20. The summed E-state index contributed by atoms with van der Waals surface area (Å²) in [5.41, 5.74) is 2.91. The van der Waals surface area contributed by atoms with Crippen LogP contribution in [0.25, 0.3) is 5.57 Å². The predicted molar refractivity (Wildman–Crippen MR) is 92.9 cm³/mol. The molecule has 3 heterocycles. The van der Waals surface area contributed by atoms with Crippen LogP contribution in [-0.2, 0) is 16.1 Å². The van der Waals surface area contributed by atoms with Crippen molar-refractivity contribution in [3.8, 4) is 0 Å². The molecule has 1 saturated heterocycles. The molecule has 0 aromatic carbocycles. The Kier molecular flexibility index (Phi) is 4.25. The van der Waals surface area contributed by atoms with E-state index < -0.39 is 6.04 Å². The predicted octanol–water partition coefficient (Wildman–Crippen LogP) is 1.23. The van der Waals surface area contributed by atoms with Gasteiger partial charge in [-0.05, 0) is 43.4 Å². The minimum absolute atomic E-state index is 0.0254. The van der Waals surface area contributed by atoms with Gasteiger partial charge in [-0.2, -0.15) is 0 Å². The van der Waals surface area contributed by atoms with Crippen molar-refractivity contribution in [2.75, 3.05) is 13.7 Å². The van der Waals surface area contributed by atoms with Crippen LogP contribution in [-0.4, -0.2) is 35.4 Å². The first-order valence-corrected chi connectivity index (χ1v) is 9.03. The molecule has 0 amide bonds. The van der Waals surface area contributed by atoms with Crippen LogP contribution >= 0.6 is 0 Å². The Morgan fingerprint density at radius 3 is 2.92 bits per heavy atom. The molecule has 6 heteroatoms. The van der Waals surface area contributed by atoms with Gasteiger partial charge >= 0.3 is 5.97 Å². The van der Waals surface area contributed by atoms with E-state index in [2.05, 4.69) is 11.4 Å². The van der Waals surface area contributed by atoms with E-state index in [1.807, 2.05) is 16.7 Å². The number of carbonyl (C=O) groups is 1. The zero-order valence-electron chi connectivity index (χ0n) is 14.4. The van der Waals surface area contributed by atoms with Crippen molar-refractivity contribution in [1.82, 2.24) is 9.88 Å². The minimum Gasteiger partial charge on any atom is -0.468 e. The largest absolute Gasteiger partial charge is 0.468 e. The van der Waals surface area contributed by atoms with Crippen molar-refractivity contribution < 1.29 is 14.6 Å². The number of hydrogen-bond donors (Lipinski definition) is 2. The fourth-order valence-electron chi connectivity index (χ4n) is 4.68.